The van der Waals surface area contributed by atoms with E-state index in [-0.39, 0.29) is 0 Å². The van der Waals surface area contributed by atoms with Crippen molar-refractivity contribution in [2.24, 2.45) is 11.8 Å². The molecule has 0 unspecified atom stereocenters. The highest BCUT2D eigenvalue weighted by atomic mass is 16.6. The van der Waals surface area contributed by atoms with Gasteiger partial charge >= 0.3 is 17.9 Å². The molecule has 0 bridgehead atoms. The maximum Gasteiger partial charge on any atom is 0.326 e. The topological polar surface area (TPSA) is 102 Å². The van der Waals surface area contributed by atoms with Crippen molar-refractivity contribution in [3.63, 3.8) is 0 Å². The van der Waals surface area contributed by atoms with Crippen LogP contribution in [-0.4, -0.2) is 55.5 Å². The monoisotopic (exact) mass is 337 g/mol. The zero-order chi connectivity index (χ0) is 17.9. The van der Waals surface area contributed by atoms with Crippen molar-refractivity contribution in [3.05, 3.63) is 35.9 Å². The fourth-order valence-corrected chi connectivity index (χ4v) is 3.10. The van der Waals surface area contributed by atoms with Crippen molar-refractivity contribution in [2.75, 3.05) is 21.3 Å². The molecule has 8 nitrogen and oxygen atoms in total. The van der Waals surface area contributed by atoms with Gasteiger partial charge in [0.2, 0.25) is 0 Å². The minimum atomic E-state index is -1.38. The molecule has 1 aromatic rings. The highest BCUT2D eigenvalue weighted by Gasteiger charge is 2.60. The number of carbonyl (C=O) groups excluding carboxylic acids is 3. The molecule has 24 heavy (non-hydrogen) atoms. The lowest BCUT2D eigenvalue weighted by Crippen LogP contribution is -2.43. The molecule has 0 amide bonds. The summed E-state index contributed by atoms with van der Waals surface area (Å²) < 4.78 is 14.2. The molecule has 1 fully saturated rings. The van der Waals surface area contributed by atoms with Gasteiger partial charge in [-0.3, -0.25) is 14.4 Å². The summed E-state index contributed by atoms with van der Waals surface area (Å²) in [5.74, 6) is -4.77. The van der Waals surface area contributed by atoms with E-state index in [1.165, 1.54) is 7.11 Å². The standard InChI is InChI=1S/C16H19NO7/c1-22-14(18)10-11(15(19)23-2)13(16(20)24-3)17(21)12(10)9-7-5-4-6-8-9/h4-8,10-13,21H,1-3H3/t10-,11+,12+,13-/m0/s1. The van der Waals surface area contributed by atoms with Gasteiger partial charge in [0.25, 0.3) is 0 Å². The van der Waals surface area contributed by atoms with E-state index in [2.05, 4.69) is 4.74 Å². The Kier molecular flexibility index (Phi) is 5.53. The lowest BCUT2D eigenvalue weighted by atomic mass is 9.84. The lowest BCUT2D eigenvalue weighted by Gasteiger charge is -2.23. The Hall–Kier alpha value is -2.45. The highest BCUT2D eigenvalue weighted by molar-refractivity contribution is 5.90. The summed E-state index contributed by atoms with van der Waals surface area (Å²) in [6, 6.07) is 6.23. The Morgan fingerprint density at radius 3 is 1.88 bits per heavy atom. The fourth-order valence-electron chi connectivity index (χ4n) is 3.10. The van der Waals surface area contributed by atoms with Gasteiger partial charge in [0, 0.05) is 0 Å². The number of methoxy groups -OCH3 is 3. The summed E-state index contributed by atoms with van der Waals surface area (Å²) in [6.45, 7) is 0. The molecule has 1 aliphatic heterocycles. The van der Waals surface area contributed by atoms with Crippen LogP contribution in [0, 0.1) is 11.8 Å². The third-order valence-corrected chi connectivity index (χ3v) is 4.17. The van der Waals surface area contributed by atoms with Gasteiger partial charge in [-0.05, 0) is 5.56 Å². The summed E-state index contributed by atoms with van der Waals surface area (Å²) in [6.07, 6.45) is 0. The van der Waals surface area contributed by atoms with Crippen molar-refractivity contribution >= 4 is 17.9 Å². The number of rotatable bonds is 4. The van der Waals surface area contributed by atoms with Crippen molar-refractivity contribution < 1.29 is 33.8 Å². The molecule has 0 saturated carbocycles. The van der Waals surface area contributed by atoms with Crippen LogP contribution in [-0.2, 0) is 28.6 Å². The van der Waals surface area contributed by atoms with Crippen LogP contribution in [0.4, 0.5) is 0 Å². The number of benzene rings is 1. The van der Waals surface area contributed by atoms with E-state index in [9.17, 15) is 19.6 Å². The summed E-state index contributed by atoms with van der Waals surface area (Å²) >= 11 is 0. The molecule has 0 spiro atoms. The van der Waals surface area contributed by atoms with Crippen LogP contribution >= 0.6 is 0 Å². The molecule has 8 heteroatoms. The highest BCUT2D eigenvalue weighted by Crippen LogP contribution is 2.45. The molecular weight excluding hydrogens is 318 g/mol. The summed E-state index contributed by atoms with van der Waals surface area (Å²) in [5.41, 5.74) is 0.552. The van der Waals surface area contributed by atoms with E-state index in [1.54, 1.807) is 30.3 Å². The molecule has 4 atom stereocenters. The summed E-state index contributed by atoms with van der Waals surface area (Å²) in [5, 5.41) is 11.2. The molecule has 1 aromatic carbocycles. The number of hydrogen-bond donors (Lipinski definition) is 1. The third-order valence-electron chi connectivity index (χ3n) is 4.17. The first-order valence-electron chi connectivity index (χ1n) is 7.23. The van der Waals surface area contributed by atoms with Crippen LogP contribution < -0.4 is 0 Å². The van der Waals surface area contributed by atoms with Gasteiger partial charge in [0.05, 0.1) is 33.3 Å². The Morgan fingerprint density at radius 2 is 1.38 bits per heavy atom. The Bertz CT molecular complexity index is 618. The second-order valence-corrected chi connectivity index (χ2v) is 5.30. The molecule has 2 rings (SSSR count). The van der Waals surface area contributed by atoms with Crippen LogP contribution in [0.5, 0.6) is 0 Å². The number of hydrogen-bond acceptors (Lipinski definition) is 8. The Balaban J connectivity index is 2.58. The van der Waals surface area contributed by atoms with Crippen molar-refractivity contribution in [1.29, 1.82) is 0 Å². The number of esters is 3. The summed E-state index contributed by atoms with van der Waals surface area (Å²) in [7, 11) is 3.45. The van der Waals surface area contributed by atoms with E-state index >= 15 is 0 Å². The minimum absolute atomic E-state index is 0.552. The number of carbonyl (C=O) groups is 3. The minimum Gasteiger partial charge on any atom is -0.469 e. The average Bonchev–Trinajstić information content (AvgIpc) is 2.93. The van der Waals surface area contributed by atoms with Gasteiger partial charge in [-0.1, -0.05) is 30.3 Å². The van der Waals surface area contributed by atoms with Crippen LogP contribution in [0.1, 0.15) is 11.6 Å². The predicted molar refractivity (Wildman–Crippen MR) is 79.6 cm³/mol. The molecule has 0 aromatic heterocycles. The molecule has 0 radical (unpaired) electrons. The van der Waals surface area contributed by atoms with Gasteiger partial charge in [-0.15, -0.1) is 0 Å². The largest absolute Gasteiger partial charge is 0.469 e. The fraction of sp³-hybridized carbons (Fsp3) is 0.438. The van der Waals surface area contributed by atoms with E-state index in [0.29, 0.717) is 10.6 Å². The molecule has 1 saturated heterocycles. The maximum atomic E-state index is 12.3. The first kappa shape index (κ1) is 17.9. The zero-order valence-corrected chi connectivity index (χ0v) is 13.5. The Morgan fingerprint density at radius 1 is 0.875 bits per heavy atom. The van der Waals surface area contributed by atoms with Crippen molar-refractivity contribution in [1.82, 2.24) is 5.06 Å². The summed E-state index contributed by atoms with van der Waals surface area (Å²) in [4.78, 5) is 36.6. The van der Waals surface area contributed by atoms with E-state index < -0.39 is 41.8 Å². The third kappa shape index (κ3) is 2.98. The van der Waals surface area contributed by atoms with Crippen molar-refractivity contribution in [3.8, 4) is 0 Å². The molecule has 1 N–H and O–H groups in total. The van der Waals surface area contributed by atoms with Crippen LogP contribution in [0.15, 0.2) is 30.3 Å². The normalized spacial score (nSPS) is 26.7. The molecule has 0 aliphatic carbocycles. The second kappa shape index (κ2) is 7.41. The zero-order valence-electron chi connectivity index (χ0n) is 13.5. The maximum absolute atomic E-state index is 12.3. The van der Waals surface area contributed by atoms with Crippen molar-refractivity contribution in [2.45, 2.75) is 12.1 Å². The predicted octanol–water partition coefficient (Wildman–Crippen LogP) is 0.552. The van der Waals surface area contributed by atoms with E-state index in [1.807, 2.05) is 0 Å². The van der Waals surface area contributed by atoms with Gasteiger partial charge in [0.15, 0.2) is 0 Å². The van der Waals surface area contributed by atoms with Gasteiger partial charge < -0.3 is 19.4 Å². The first-order valence-corrected chi connectivity index (χ1v) is 7.23. The molecule has 1 aliphatic rings. The molecular formula is C16H19NO7. The smallest absolute Gasteiger partial charge is 0.326 e. The van der Waals surface area contributed by atoms with E-state index in [0.717, 1.165) is 14.2 Å². The van der Waals surface area contributed by atoms with Gasteiger partial charge in [-0.25, -0.2) is 0 Å². The number of hydroxylamine groups is 2. The molecule has 1 heterocycles. The number of nitrogens with zero attached hydrogens (tertiary/aromatic N) is 1. The Labute approximate surface area is 138 Å². The SMILES string of the molecule is COC(=O)[C@@H]1[C@H](C(=O)OC)[C@@H](c2ccccc2)N(O)[C@@H]1C(=O)OC. The van der Waals surface area contributed by atoms with Gasteiger partial charge in [-0.2, -0.15) is 5.06 Å². The van der Waals surface area contributed by atoms with Crippen LogP contribution in [0.3, 0.4) is 0 Å². The van der Waals surface area contributed by atoms with Crippen LogP contribution in [0.25, 0.3) is 0 Å². The van der Waals surface area contributed by atoms with Crippen LogP contribution in [0.2, 0.25) is 0 Å². The van der Waals surface area contributed by atoms with Gasteiger partial charge in [0.1, 0.15) is 12.0 Å². The second-order valence-electron chi connectivity index (χ2n) is 5.30. The number of ether oxygens (including phenoxy) is 3. The lowest BCUT2D eigenvalue weighted by molar-refractivity contribution is -0.181. The first-order chi connectivity index (χ1) is 11.5. The van der Waals surface area contributed by atoms with E-state index in [4.69, 9.17) is 9.47 Å². The quantitative estimate of drug-likeness (QED) is 0.628. The molecule has 130 valence electrons. The average molecular weight is 337 g/mol.